The van der Waals surface area contributed by atoms with E-state index in [9.17, 15) is 40.4 Å². The van der Waals surface area contributed by atoms with E-state index in [1.54, 1.807) is 4.72 Å². The number of hydrogen-bond acceptors (Lipinski definition) is 6. The van der Waals surface area contributed by atoms with Gasteiger partial charge >= 0.3 is 22.1 Å². The van der Waals surface area contributed by atoms with Crippen molar-refractivity contribution in [3.05, 3.63) is 61.1 Å². The SMILES string of the molecule is CCN(C)S(=O)(=O)NC(=O)c1cc(-n2c(=O)cc(C(F)(F)F)n(N)c2=O)c(F)cc1Cl. The van der Waals surface area contributed by atoms with Crippen LogP contribution in [-0.2, 0) is 16.4 Å². The lowest BCUT2D eigenvalue weighted by atomic mass is 10.1. The minimum absolute atomic E-state index is 0.0119. The fourth-order valence-electron chi connectivity index (χ4n) is 2.30. The lowest BCUT2D eigenvalue weighted by Crippen LogP contribution is -2.45. The third-order valence-electron chi connectivity index (χ3n) is 4.03. The van der Waals surface area contributed by atoms with Gasteiger partial charge in [-0.1, -0.05) is 18.5 Å². The number of hydrogen-bond donors (Lipinski definition) is 2. The molecule has 0 fully saturated rings. The molecule has 0 atom stereocenters. The van der Waals surface area contributed by atoms with Crippen molar-refractivity contribution in [3.8, 4) is 5.69 Å². The molecule has 1 aromatic carbocycles. The van der Waals surface area contributed by atoms with E-state index in [0.29, 0.717) is 12.1 Å². The van der Waals surface area contributed by atoms with Crippen LogP contribution >= 0.6 is 11.6 Å². The number of amides is 1. The van der Waals surface area contributed by atoms with Gasteiger partial charge in [-0.15, -0.1) is 0 Å². The summed E-state index contributed by atoms with van der Waals surface area (Å²) in [7, 11) is -3.15. The van der Waals surface area contributed by atoms with Gasteiger partial charge in [0.25, 0.3) is 11.5 Å². The lowest BCUT2D eigenvalue weighted by molar-refractivity contribution is -0.143. The van der Waals surface area contributed by atoms with E-state index in [2.05, 4.69) is 0 Å². The Bertz CT molecular complexity index is 1270. The molecule has 16 heteroatoms. The molecule has 1 amide bonds. The maximum atomic E-state index is 14.4. The third-order valence-corrected chi connectivity index (χ3v) is 5.86. The zero-order valence-electron chi connectivity index (χ0n) is 15.7. The van der Waals surface area contributed by atoms with Crippen LogP contribution in [0.15, 0.2) is 27.8 Å². The Balaban J connectivity index is 2.69. The molecule has 3 N–H and O–H groups in total. The Morgan fingerprint density at radius 2 is 1.84 bits per heavy atom. The average Bonchev–Trinajstić information content (AvgIpc) is 2.64. The molecule has 0 aliphatic rings. The quantitative estimate of drug-likeness (QED) is 0.464. The van der Waals surface area contributed by atoms with Gasteiger partial charge < -0.3 is 5.84 Å². The van der Waals surface area contributed by atoms with Crippen LogP contribution in [0, 0.1) is 5.82 Å². The summed E-state index contributed by atoms with van der Waals surface area (Å²) in [5, 5.41) is -0.596. The van der Waals surface area contributed by atoms with Crippen LogP contribution in [0.5, 0.6) is 0 Å². The van der Waals surface area contributed by atoms with Crippen molar-refractivity contribution in [2.75, 3.05) is 19.4 Å². The number of alkyl halides is 3. The molecule has 2 aromatic rings. The first-order valence-corrected chi connectivity index (χ1v) is 9.92. The Morgan fingerprint density at radius 3 is 2.35 bits per heavy atom. The van der Waals surface area contributed by atoms with E-state index in [1.807, 2.05) is 0 Å². The normalized spacial score (nSPS) is 12.3. The summed E-state index contributed by atoms with van der Waals surface area (Å²) in [6, 6.07) is 0.965. The third kappa shape index (κ3) is 4.72. The van der Waals surface area contributed by atoms with Crippen LogP contribution in [0.1, 0.15) is 23.0 Å². The van der Waals surface area contributed by atoms with Crippen molar-refractivity contribution in [3.63, 3.8) is 0 Å². The van der Waals surface area contributed by atoms with E-state index in [4.69, 9.17) is 17.4 Å². The summed E-state index contributed by atoms with van der Waals surface area (Å²) >= 11 is 5.77. The van der Waals surface area contributed by atoms with E-state index >= 15 is 0 Å². The molecule has 31 heavy (non-hydrogen) atoms. The van der Waals surface area contributed by atoms with Gasteiger partial charge in [-0.3, -0.25) is 9.59 Å². The summed E-state index contributed by atoms with van der Waals surface area (Å²) in [5.41, 5.74) is -6.82. The van der Waals surface area contributed by atoms with Gasteiger partial charge in [-0.2, -0.15) is 25.9 Å². The molecular formula is C15H14ClF4N5O5S. The number of nitrogens with one attached hydrogen (secondary N) is 1. The molecule has 0 saturated carbocycles. The zero-order chi connectivity index (χ0) is 23.9. The fourth-order valence-corrected chi connectivity index (χ4v) is 3.38. The van der Waals surface area contributed by atoms with Crippen LogP contribution < -0.4 is 21.8 Å². The smallest absolute Gasteiger partial charge is 0.335 e. The average molecular weight is 488 g/mol. The molecule has 0 aliphatic carbocycles. The second-order valence-electron chi connectivity index (χ2n) is 5.99. The van der Waals surface area contributed by atoms with Crippen LogP contribution in [0.2, 0.25) is 5.02 Å². The number of aromatic nitrogens is 2. The predicted octanol–water partition coefficient (Wildman–Crippen LogP) is 0.451. The molecule has 0 bridgehead atoms. The number of carbonyl (C=O) groups is 1. The molecule has 0 aliphatic heterocycles. The standard InChI is InChI=1S/C15H14ClF4N5O5S/c1-3-23(2)31(29,30)22-13(27)7-4-10(9(17)5-8(7)16)24-12(26)6-11(15(18,19)20)25(21)14(24)28/h4-6H,3,21H2,1-2H3,(H,22,27). The molecule has 2 rings (SSSR count). The molecule has 1 aromatic heterocycles. The number of halogens is 5. The van der Waals surface area contributed by atoms with Gasteiger partial charge in [0.05, 0.1) is 16.3 Å². The molecule has 10 nitrogen and oxygen atoms in total. The van der Waals surface area contributed by atoms with Crippen molar-refractivity contribution in [2.24, 2.45) is 0 Å². The summed E-state index contributed by atoms with van der Waals surface area (Å²) < 4.78 is 79.1. The largest absolute Gasteiger partial charge is 0.433 e. The minimum Gasteiger partial charge on any atom is -0.335 e. The molecule has 170 valence electrons. The number of carbonyl (C=O) groups excluding carboxylic acids is 1. The molecule has 0 saturated heterocycles. The number of nitrogens with zero attached hydrogens (tertiary/aromatic N) is 3. The number of nitrogens with two attached hydrogens (primary N) is 1. The molecule has 0 unspecified atom stereocenters. The highest BCUT2D eigenvalue weighted by Crippen LogP contribution is 2.27. The second-order valence-corrected chi connectivity index (χ2v) is 8.17. The van der Waals surface area contributed by atoms with Crippen molar-refractivity contribution in [1.82, 2.24) is 18.3 Å². The Morgan fingerprint density at radius 1 is 1.26 bits per heavy atom. The Hall–Kier alpha value is -2.91. The second kappa shape index (κ2) is 8.32. The fraction of sp³-hybridized carbons (Fsp3) is 0.267. The van der Waals surface area contributed by atoms with Crippen LogP contribution in [0.4, 0.5) is 17.6 Å². The highest BCUT2D eigenvalue weighted by Gasteiger charge is 2.36. The summed E-state index contributed by atoms with van der Waals surface area (Å²) in [6.45, 7) is 1.46. The first-order valence-electron chi connectivity index (χ1n) is 8.11. The lowest BCUT2D eigenvalue weighted by Gasteiger charge is -2.17. The maximum Gasteiger partial charge on any atom is 0.433 e. The van der Waals surface area contributed by atoms with Gasteiger partial charge in [0.1, 0.15) is 5.82 Å². The molecule has 0 radical (unpaired) electrons. The Labute approximate surface area is 176 Å². The highest BCUT2D eigenvalue weighted by atomic mass is 35.5. The number of benzene rings is 1. The van der Waals surface area contributed by atoms with Gasteiger partial charge in [0, 0.05) is 19.7 Å². The van der Waals surface area contributed by atoms with Crippen LogP contribution in [0.3, 0.4) is 0 Å². The Kier molecular flexibility index (Phi) is 6.53. The van der Waals surface area contributed by atoms with E-state index in [1.165, 1.54) is 6.92 Å². The monoisotopic (exact) mass is 487 g/mol. The van der Waals surface area contributed by atoms with E-state index < -0.39 is 66.0 Å². The van der Waals surface area contributed by atoms with Crippen molar-refractivity contribution in [1.29, 1.82) is 0 Å². The number of nitrogen functional groups attached to an aromatic ring is 1. The molecule has 1 heterocycles. The van der Waals surface area contributed by atoms with Crippen molar-refractivity contribution in [2.45, 2.75) is 13.1 Å². The molecule has 0 spiro atoms. The minimum atomic E-state index is -5.16. The predicted molar refractivity (Wildman–Crippen MR) is 101 cm³/mol. The van der Waals surface area contributed by atoms with Crippen LogP contribution in [0.25, 0.3) is 5.69 Å². The van der Waals surface area contributed by atoms with E-state index in [0.717, 1.165) is 11.4 Å². The maximum absolute atomic E-state index is 14.4. The van der Waals surface area contributed by atoms with Gasteiger partial charge in [0.2, 0.25) is 0 Å². The summed E-state index contributed by atoms with van der Waals surface area (Å²) in [5.74, 6) is 2.38. The van der Waals surface area contributed by atoms with Crippen LogP contribution in [-0.4, -0.2) is 41.5 Å². The highest BCUT2D eigenvalue weighted by molar-refractivity contribution is 7.87. The van der Waals surface area contributed by atoms with Crippen molar-refractivity contribution >= 4 is 27.7 Å². The van der Waals surface area contributed by atoms with Gasteiger partial charge in [-0.25, -0.2) is 23.2 Å². The van der Waals surface area contributed by atoms with E-state index in [-0.39, 0.29) is 17.2 Å². The summed E-state index contributed by atoms with van der Waals surface area (Å²) in [6.07, 6.45) is -5.16. The van der Waals surface area contributed by atoms with Crippen molar-refractivity contribution < 1.29 is 30.8 Å². The van der Waals surface area contributed by atoms with Gasteiger partial charge in [0.15, 0.2) is 5.69 Å². The topological polar surface area (TPSA) is 136 Å². The summed E-state index contributed by atoms with van der Waals surface area (Å²) in [4.78, 5) is 36.7. The molecular weight excluding hydrogens is 474 g/mol. The number of rotatable bonds is 5. The first-order chi connectivity index (χ1) is 14.1. The van der Waals surface area contributed by atoms with Gasteiger partial charge in [-0.05, 0) is 12.1 Å². The zero-order valence-corrected chi connectivity index (χ0v) is 17.3. The first kappa shape index (κ1) is 24.4.